The van der Waals surface area contributed by atoms with E-state index in [0.29, 0.717) is 5.56 Å². The van der Waals surface area contributed by atoms with Crippen molar-refractivity contribution in [2.75, 3.05) is 13.2 Å². The summed E-state index contributed by atoms with van der Waals surface area (Å²) in [5.41, 5.74) is 0.515. The third-order valence-corrected chi connectivity index (χ3v) is 3.09. The summed E-state index contributed by atoms with van der Waals surface area (Å²) in [5, 5.41) is 12.4. The number of rotatable bonds is 6. The number of alkyl halides is 3. The minimum Gasteiger partial charge on any atom is -0.468 e. The molecule has 0 aliphatic rings. The maximum atomic E-state index is 12.8. The fraction of sp³-hybridized carbons (Fsp3) is 0.250. The molecule has 2 aromatic rings. The number of carbonyl (C=O) groups is 1. The van der Waals surface area contributed by atoms with Crippen LogP contribution < -0.4 is 10.1 Å². The van der Waals surface area contributed by atoms with Gasteiger partial charge >= 0.3 is 6.18 Å². The van der Waals surface area contributed by atoms with E-state index in [0.717, 1.165) is 12.3 Å². The lowest BCUT2D eigenvalue weighted by Crippen LogP contribution is -2.28. The highest BCUT2D eigenvalue weighted by Crippen LogP contribution is 2.17. The Bertz CT molecular complexity index is 703. The predicted molar refractivity (Wildman–Crippen MR) is 79.5 cm³/mol. The summed E-state index contributed by atoms with van der Waals surface area (Å²) in [5.74, 6) is -1.28. The molecule has 25 heavy (non-hydrogen) atoms. The summed E-state index contributed by atoms with van der Waals surface area (Å²) in [6.07, 6.45) is -4.45. The van der Waals surface area contributed by atoms with Crippen LogP contribution in [0.1, 0.15) is 22.0 Å². The summed E-state index contributed by atoms with van der Waals surface area (Å²) < 4.78 is 53.3. The molecular weight excluding hydrogens is 344 g/mol. The molecule has 0 saturated heterocycles. The number of ether oxygens (including phenoxy) is 1. The van der Waals surface area contributed by atoms with Gasteiger partial charge in [-0.3, -0.25) is 4.79 Å². The Morgan fingerprint density at radius 2 is 1.88 bits per heavy atom. The Hall–Kier alpha value is -2.68. The number of nitrogens with zero attached hydrogens (tertiary/aromatic N) is 1. The van der Waals surface area contributed by atoms with Crippen molar-refractivity contribution in [3.8, 4) is 5.88 Å². The minimum absolute atomic E-state index is 0.0886. The lowest BCUT2D eigenvalue weighted by atomic mass is 10.1. The SMILES string of the molecule is O=C(NCC(O)c1ccc(F)cc1)c1ccc(OCC(F)(F)F)nc1. The highest BCUT2D eigenvalue weighted by molar-refractivity contribution is 5.93. The number of carbonyl (C=O) groups excluding carboxylic acids is 1. The number of amides is 1. The van der Waals surface area contributed by atoms with Crippen molar-refractivity contribution in [3.05, 3.63) is 59.5 Å². The fourth-order valence-corrected chi connectivity index (χ4v) is 1.85. The van der Waals surface area contributed by atoms with Gasteiger partial charge in [-0.1, -0.05) is 12.1 Å². The van der Waals surface area contributed by atoms with E-state index in [4.69, 9.17) is 0 Å². The van der Waals surface area contributed by atoms with Crippen LogP contribution in [0.5, 0.6) is 5.88 Å². The number of aromatic nitrogens is 1. The molecule has 0 fully saturated rings. The van der Waals surface area contributed by atoms with E-state index in [-0.39, 0.29) is 18.0 Å². The number of nitrogens with one attached hydrogen (secondary N) is 1. The van der Waals surface area contributed by atoms with Crippen LogP contribution in [-0.4, -0.2) is 35.3 Å². The fourth-order valence-electron chi connectivity index (χ4n) is 1.85. The molecule has 1 aromatic heterocycles. The second-order valence-corrected chi connectivity index (χ2v) is 5.07. The van der Waals surface area contributed by atoms with E-state index in [1.165, 1.54) is 30.3 Å². The van der Waals surface area contributed by atoms with Crippen molar-refractivity contribution in [3.63, 3.8) is 0 Å². The minimum atomic E-state index is -4.48. The molecule has 1 heterocycles. The first-order chi connectivity index (χ1) is 11.7. The molecule has 2 N–H and O–H groups in total. The molecule has 0 aliphatic carbocycles. The normalized spacial score (nSPS) is 12.5. The van der Waals surface area contributed by atoms with E-state index < -0.39 is 30.6 Å². The Kier molecular flexibility index (Phi) is 5.92. The molecule has 0 spiro atoms. The molecule has 9 heteroatoms. The van der Waals surface area contributed by atoms with Crippen LogP contribution in [0.3, 0.4) is 0 Å². The van der Waals surface area contributed by atoms with E-state index in [1.807, 2.05) is 0 Å². The number of pyridine rings is 1. The molecule has 1 amide bonds. The lowest BCUT2D eigenvalue weighted by molar-refractivity contribution is -0.154. The summed E-state index contributed by atoms with van der Waals surface area (Å²) in [4.78, 5) is 15.5. The lowest BCUT2D eigenvalue weighted by Gasteiger charge is -2.12. The zero-order chi connectivity index (χ0) is 18.4. The monoisotopic (exact) mass is 358 g/mol. The van der Waals surface area contributed by atoms with Crippen LogP contribution in [0, 0.1) is 5.82 Å². The molecule has 0 bridgehead atoms. The van der Waals surface area contributed by atoms with Gasteiger partial charge in [-0.05, 0) is 23.8 Å². The maximum Gasteiger partial charge on any atom is 0.422 e. The van der Waals surface area contributed by atoms with Crippen LogP contribution in [0.15, 0.2) is 42.6 Å². The number of halogens is 4. The summed E-state index contributed by atoms with van der Waals surface area (Å²) in [7, 11) is 0. The van der Waals surface area contributed by atoms with Crippen LogP contribution >= 0.6 is 0 Å². The number of benzene rings is 1. The van der Waals surface area contributed by atoms with E-state index in [2.05, 4.69) is 15.0 Å². The number of aliphatic hydroxyl groups excluding tert-OH is 1. The number of hydrogen-bond acceptors (Lipinski definition) is 4. The third-order valence-electron chi connectivity index (χ3n) is 3.09. The Morgan fingerprint density at radius 1 is 1.20 bits per heavy atom. The van der Waals surface area contributed by atoms with Gasteiger partial charge in [-0.2, -0.15) is 13.2 Å². The Labute approximate surface area is 140 Å². The zero-order valence-corrected chi connectivity index (χ0v) is 12.8. The standard InChI is InChI=1S/C16H14F4N2O3/c17-12-4-1-10(2-5-12)13(23)8-22-15(24)11-3-6-14(21-7-11)25-9-16(18,19)20/h1-7,13,23H,8-9H2,(H,22,24). The molecule has 0 radical (unpaired) electrons. The molecule has 5 nitrogen and oxygen atoms in total. The Balaban J connectivity index is 1.87. The zero-order valence-electron chi connectivity index (χ0n) is 12.8. The average molecular weight is 358 g/mol. The maximum absolute atomic E-state index is 12.8. The van der Waals surface area contributed by atoms with Crippen molar-refractivity contribution < 1.29 is 32.2 Å². The van der Waals surface area contributed by atoms with E-state index in [9.17, 15) is 27.5 Å². The number of aliphatic hydroxyl groups is 1. The Morgan fingerprint density at radius 3 is 2.44 bits per heavy atom. The van der Waals surface area contributed by atoms with Crippen molar-refractivity contribution in [1.82, 2.24) is 10.3 Å². The molecule has 2 rings (SSSR count). The van der Waals surface area contributed by atoms with Gasteiger partial charge < -0.3 is 15.2 Å². The van der Waals surface area contributed by atoms with Crippen molar-refractivity contribution in [2.24, 2.45) is 0 Å². The van der Waals surface area contributed by atoms with Crippen LogP contribution in [-0.2, 0) is 0 Å². The van der Waals surface area contributed by atoms with Crippen molar-refractivity contribution >= 4 is 5.91 Å². The molecule has 1 atom stereocenters. The van der Waals surface area contributed by atoms with Crippen LogP contribution in [0.25, 0.3) is 0 Å². The van der Waals surface area contributed by atoms with Gasteiger partial charge in [0.15, 0.2) is 6.61 Å². The highest BCUT2D eigenvalue weighted by Gasteiger charge is 2.28. The van der Waals surface area contributed by atoms with E-state index >= 15 is 0 Å². The van der Waals surface area contributed by atoms with Crippen molar-refractivity contribution in [1.29, 1.82) is 0 Å². The highest BCUT2D eigenvalue weighted by atomic mass is 19.4. The van der Waals surface area contributed by atoms with Crippen LogP contribution in [0.2, 0.25) is 0 Å². The van der Waals surface area contributed by atoms with Crippen molar-refractivity contribution in [2.45, 2.75) is 12.3 Å². The molecular formula is C16H14F4N2O3. The summed E-state index contributed by atoms with van der Waals surface area (Å²) >= 11 is 0. The molecule has 0 saturated carbocycles. The molecule has 1 unspecified atom stereocenters. The van der Waals surface area contributed by atoms with Gasteiger partial charge in [0.2, 0.25) is 5.88 Å². The van der Waals surface area contributed by atoms with Gasteiger partial charge in [0, 0.05) is 18.8 Å². The number of hydrogen-bond donors (Lipinski definition) is 2. The topological polar surface area (TPSA) is 71.5 Å². The molecule has 134 valence electrons. The van der Waals surface area contributed by atoms with E-state index in [1.54, 1.807) is 0 Å². The predicted octanol–water partition coefficient (Wildman–Crippen LogP) is 2.63. The molecule has 1 aromatic carbocycles. The summed E-state index contributed by atoms with van der Waals surface area (Å²) in [6, 6.07) is 7.53. The quantitative estimate of drug-likeness (QED) is 0.779. The first-order valence-corrected chi connectivity index (χ1v) is 7.12. The van der Waals surface area contributed by atoms with Gasteiger partial charge in [-0.25, -0.2) is 9.37 Å². The van der Waals surface area contributed by atoms with Gasteiger partial charge in [0.25, 0.3) is 5.91 Å². The molecule has 0 aliphatic heterocycles. The van der Waals surface area contributed by atoms with Crippen LogP contribution in [0.4, 0.5) is 17.6 Å². The second-order valence-electron chi connectivity index (χ2n) is 5.07. The first kappa shape index (κ1) is 18.7. The summed E-state index contributed by atoms with van der Waals surface area (Å²) in [6.45, 7) is -1.60. The van der Waals surface area contributed by atoms with Gasteiger partial charge in [-0.15, -0.1) is 0 Å². The second kappa shape index (κ2) is 7.93. The first-order valence-electron chi connectivity index (χ1n) is 7.12. The largest absolute Gasteiger partial charge is 0.468 e. The van der Waals surface area contributed by atoms with Gasteiger partial charge in [0.05, 0.1) is 11.7 Å². The smallest absolute Gasteiger partial charge is 0.422 e. The third kappa shape index (κ3) is 6.03. The average Bonchev–Trinajstić information content (AvgIpc) is 2.58. The van der Waals surface area contributed by atoms with Gasteiger partial charge in [0.1, 0.15) is 5.82 Å².